The molecular formula is C12H26N2O. The summed E-state index contributed by atoms with van der Waals surface area (Å²) in [5.74, 6) is 7.20. The molecule has 0 saturated heterocycles. The minimum Gasteiger partial charge on any atom is -0.377 e. The van der Waals surface area contributed by atoms with Crippen LogP contribution in [0.25, 0.3) is 0 Å². The highest BCUT2D eigenvalue weighted by Gasteiger charge is 2.36. The maximum absolute atomic E-state index is 5.67. The van der Waals surface area contributed by atoms with Crippen molar-refractivity contribution in [3.63, 3.8) is 0 Å². The van der Waals surface area contributed by atoms with Gasteiger partial charge in [-0.1, -0.05) is 19.8 Å². The van der Waals surface area contributed by atoms with Gasteiger partial charge < -0.3 is 4.74 Å². The van der Waals surface area contributed by atoms with Gasteiger partial charge in [0.15, 0.2) is 0 Å². The van der Waals surface area contributed by atoms with E-state index in [0.717, 1.165) is 5.92 Å². The molecule has 1 rings (SSSR count). The molecule has 0 aliphatic heterocycles. The molecule has 1 atom stereocenters. The average Bonchev–Trinajstić information content (AvgIpc) is 2.22. The van der Waals surface area contributed by atoms with Crippen molar-refractivity contribution in [3.05, 3.63) is 0 Å². The van der Waals surface area contributed by atoms with Gasteiger partial charge >= 0.3 is 0 Å². The number of hydrogen-bond acceptors (Lipinski definition) is 3. The van der Waals surface area contributed by atoms with Gasteiger partial charge in [-0.15, -0.1) is 0 Å². The zero-order chi connectivity index (χ0) is 11.5. The molecule has 0 radical (unpaired) electrons. The summed E-state index contributed by atoms with van der Waals surface area (Å²) in [5.41, 5.74) is 2.77. The maximum Gasteiger partial charge on any atom is 0.0791 e. The Labute approximate surface area is 93.7 Å². The number of methoxy groups -OCH3 is 1. The molecule has 3 N–H and O–H groups in total. The molecule has 0 spiro atoms. The first-order valence-electron chi connectivity index (χ1n) is 6.02. The van der Waals surface area contributed by atoms with Gasteiger partial charge in [-0.2, -0.15) is 0 Å². The fraction of sp³-hybridized carbons (Fsp3) is 1.00. The molecule has 0 heterocycles. The smallest absolute Gasteiger partial charge is 0.0791 e. The zero-order valence-electron chi connectivity index (χ0n) is 10.5. The van der Waals surface area contributed by atoms with Crippen LogP contribution in [0.4, 0.5) is 0 Å². The fourth-order valence-corrected chi connectivity index (χ4v) is 2.65. The van der Waals surface area contributed by atoms with Crippen LogP contribution in [0.15, 0.2) is 0 Å². The third-order valence-corrected chi connectivity index (χ3v) is 3.99. The van der Waals surface area contributed by atoms with Crippen LogP contribution in [0.3, 0.4) is 0 Å². The van der Waals surface area contributed by atoms with Crippen LogP contribution in [0.2, 0.25) is 0 Å². The second-order valence-electron chi connectivity index (χ2n) is 5.47. The highest BCUT2D eigenvalue weighted by atomic mass is 16.5. The number of nitrogens with one attached hydrogen (secondary N) is 1. The van der Waals surface area contributed by atoms with Crippen molar-refractivity contribution in [2.45, 2.75) is 58.1 Å². The van der Waals surface area contributed by atoms with E-state index >= 15 is 0 Å². The minimum absolute atomic E-state index is 0.181. The van der Waals surface area contributed by atoms with Crippen molar-refractivity contribution in [2.75, 3.05) is 7.11 Å². The first-order chi connectivity index (χ1) is 7.01. The van der Waals surface area contributed by atoms with Crippen molar-refractivity contribution in [1.29, 1.82) is 0 Å². The normalized spacial score (nSPS) is 30.2. The molecular weight excluding hydrogens is 188 g/mol. The lowest BCUT2D eigenvalue weighted by Gasteiger charge is -2.40. The highest BCUT2D eigenvalue weighted by molar-refractivity contribution is 4.91. The van der Waals surface area contributed by atoms with Gasteiger partial charge in [-0.05, 0) is 38.5 Å². The molecule has 15 heavy (non-hydrogen) atoms. The van der Waals surface area contributed by atoms with Crippen LogP contribution in [-0.4, -0.2) is 18.8 Å². The molecule has 0 amide bonds. The average molecular weight is 214 g/mol. The largest absolute Gasteiger partial charge is 0.377 e. The second-order valence-corrected chi connectivity index (χ2v) is 5.47. The number of ether oxygens (including phenoxy) is 1. The number of rotatable bonds is 4. The Morgan fingerprint density at radius 1 is 1.27 bits per heavy atom. The van der Waals surface area contributed by atoms with Crippen LogP contribution in [0.5, 0.6) is 0 Å². The van der Waals surface area contributed by atoms with Gasteiger partial charge in [0.25, 0.3) is 0 Å². The van der Waals surface area contributed by atoms with E-state index in [0.29, 0.717) is 5.92 Å². The molecule has 1 saturated carbocycles. The van der Waals surface area contributed by atoms with E-state index < -0.39 is 0 Å². The zero-order valence-corrected chi connectivity index (χ0v) is 10.5. The number of hydrogen-bond donors (Lipinski definition) is 2. The van der Waals surface area contributed by atoms with Crippen molar-refractivity contribution in [1.82, 2.24) is 5.43 Å². The molecule has 0 aromatic carbocycles. The van der Waals surface area contributed by atoms with E-state index in [1.807, 2.05) is 0 Å². The van der Waals surface area contributed by atoms with Crippen molar-refractivity contribution >= 4 is 0 Å². The summed E-state index contributed by atoms with van der Waals surface area (Å²) in [4.78, 5) is 0. The third-order valence-electron chi connectivity index (χ3n) is 3.99. The van der Waals surface area contributed by atoms with Crippen LogP contribution in [0.1, 0.15) is 46.5 Å². The molecule has 1 aliphatic carbocycles. The van der Waals surface area contributed by atoms with Crippen molar-refractivity contribution < 1.29 is 4.74 Å². The molecule has 90 valence electrons. The van der Waals surface area contributed by atoms with Crippen LogP contribution < -0.4 is 11.3 Å². The summed E-state index contributed by atoms with van der Waals surface area (Å²) >= 11 is 0. The molecule has 1 fully saturated rings. The molecule has 1 unspecified atom stereocenters. The van der Waals surface area contributed by atoms with Crippen LogP contribution in [0, 0.1) is 11.8 Å². The summed E-state index contributed by atoms with van der Waals surface area (Å²) in [6, 6.07) is 0.259. The first kappa shape index (κ1) is 12.9. The van der Waals surface area contributed by atoms with Crippen LogP contribution >= 0.6 is 0 Å². The lowest BCUT2D eigenvalue weighted by atomic mass is 9.75. The van der Waals surface area contributed by atoms with Gasteiger partial charge in [0.1, 0.15) is 0 Å². The Bertz CT molecular complexity index is 186. The lowest BCUT2D eigenvalue weighted by Crippen LogP contribution is -2.55. The van der Waals surface area contributed by atoms with E-state index in [2.05, 4.69) is 26.2 Å². The predicted molar refractivity (Wildman–Crippen MR) is 63.3 cm³/mol. The van der Waals surface area contributed by atoms with Crippen molar-refractivity contribution in [2.24, 2.45) is 17.7 Å². The summed E-state index contributed by atoms with van der Waals surface area (Å²) < 4.78 is 5.53. The maximum atomic E-state index is 5.67. The Hall–Kier alpha value is -0.120. The number of hydrazine groups is 1. The summed E-state index contributed by atoms with van der Waals surface area (Å²) in [6.07, 6.45) is 5.18. The van der Waals surface area contributed by atoms with E-state index in [-0.39, 0.29) is 11.6 Å². The molecule has 1 aliphatic rings. The monoisotopic (exact) mass is 214 g/mol. The van der Waals surface area contributed by atoms with E-state index in [1.54, 1.807) is 7.11 Å². The minimum atomic E-state index is -0.181. The molecule has 0 aromatic rings. The number of nitrogens with two attached hydrogens (primary N) is 1. The predicted octanol–water partition coefficient (Wildman–Crippen LogP) is 2.07. The summed E-state index contributed by atoms with van der Waals surface area (Å²) in [6.45, 7) is 6.55. The van der Waals surface area contributed by atoms with E-state index in [4.69, 9.17) is 10.6 Å². The highest BCUT2D eigenvalue weighted by Crippen LogP contribution is 2.34. The van der Waals surface area contributed by atoms with Crippen molar-refractivity contribution in [3.8, 4) is 0 Å². The Morgan fingerprint density at radius 3 is 2.20 bits per heavy atom. The molecule has 3 heteroatoms. The summed E-state index contributed by atoms with van der Waals surface area (Å²) in [5, 5.41) is 0. The fourth-order valence-electron chi connectivity index (χ4n) is 2.65. The molecule has 3 nitrogen and oxygen atoms in total. The Kier molecular flexibility index (Phi) is 4.56. The van der Waals surface area contributed by atoms with Crippen LogP contribution in [-0.2, 0) is 4.74 Å². The molecule has 0 bridgehead atoms. The second kappa shape index (κ2) is 5.28. The Balaban J connectivity index is 2.59. The Morgan fingerprint density at radius 2 is 1.80 bits per heavy atom. The quantitative estimate of drug-likeness (QED) is 0.556. The van der Waals surface area contributed by atoms with E-state index in [1.165, 1.54) is 25.7 Å². The SMILES string of the molecule is COC(C)(C)C(NN)C1CCC(C)CC1. The first-order valence-corrected chi connectivity index (χ1v) is 6.02. The lowest BCUT2D eigenvalue weighted by molar-refractivity contribution is -0.0347. The van der Waals surface area contributed by atoms with Gasteiger partial charge in [0.2, 0.25) is 0 Å². The third kappa shape index (κ3) is 3.16. The topological polar surface area (TPSA) is 47.3 Å². The van der Waals surface area contributed by atoms with Gasteiger partial charge in [0, 0.05) is 7.11 Å². The standard InChI is InChI=1S/C12H26N2O/c1-9-5-7-10(8-6-9)11(14-13)12(2,3)15-4/h9-11,14H,5-8,13H2,1-4H3. The molecule has 0 aromatic heterocycles. The summed E-state index contributed by atoms with van der Waals surface area (Å²) in [7, 11) is 1.76. The van der Waals surface area contributed by atoms with E-state index in [9.17, 15) is 0 Å². The van der Waals surface area contributed by atoms with Gasteiger partial charge in [-0.3, -0.25) is 11.3 Å². The van der Waals surface area contributed by atoms with Gasteiger partial charge in [0.05, 0.1) is 11.6 Å². The van der Waals surface area contributed by atoms with Gasteiger partial charge in [-0.25, -0.2) is 0 Å².